The number of hydrogen-bond donors (Lipinski definition) is 0. The topological polar surface area (TPSA) is 68.0 Å². The second kappa shape index (κ2) is 4.09. The van der Waals surface area contributed by atoms with Crippen LogP contribution in [0.25, 0.3) is 0 Å². The largest absolute Gasteiger partial charge is 0.465 e. The number of carbonyl (C=O) groups is 2. The molecule has 6 heteroatoms. The quantitative estimate of drug-likeness (QED) is 0.552. The van der Waals surface area contributed by atoms with Crippen LogP contribution < -0.4 is 0 Å². The molecule has 0 aliphatic carbocycles. The Morgan fingerprint density at radius 1 is 1.50 bits per heavy atom. The van der Waals surface area contributed by atoms with Gasteiger partial charge in [-0.15, -0.1) is 0 Å². The number of nitrogens with zero attached hydrogens (tertiary/aromatic N) is 2. The molecule has 1 aliphatic heterocycles. The van der Waals surface area contributed by atoms with Gasteiger partial charge in [-0.05, 0) is 10.8 Å². The summed E-state index contributed by atoms with van der Waals surface area (Å²) in [5, 5.41) is 3.54. The van der Waals surface area contributed by atoms with Crippen LogP contribution in [0, 0.1) is 0 Å². The van der Waals surface area contributed by atoms with E-state index in [1.807, 2.05) is 0 Å². The average Bonchev–Trinajstić information content (AvgIpc) is 2.75. The van der Waals surface area contributed by atoms with Crippen molar-refractivity contribution in [3.8, 4) is 0 Å². The SMILES string of the molecule is COC(=O)c1ccccc1[N+]1=NOC(=O)C1. The molecular formula is C10H9N2O4+. The van der Waals surface area contributed by atoms with E-state index in [-0.39, 0.29) is 6.54 Å². The lowest BCUT2D eigenvalue weighted by Crippen LogP contribution is -2.11. The van der Waals surface area contributed by atoms with Crippen molar-refractivity contribution in [3.63, 3.8) is 0 Å². The monoisotopic (exact) mass is 221 g/mol. The molecule has 0 amide bonds. The molecule has 0 saturated heterocycles. The average molecular weight is 221 g/mol. The van der Waals surface area contributed by atoms with Gasteiger partial charge in [0.05, 0.1) is 7.11 Å². The number of carbonyl (C=O) groups excluding carboxylic acids is 2. The second-order valence-electron chi connectivity index (χ2n) is 3.11. The maximum Gasteiger partial charge on any atom is 0.407 e. The zero-order valence-electron chi connectivity index (χ0n) is 8.54. The van der Waals surface area contributed by atoms with Crippen LogP contribution in [0.15, 0.2) is 29.5 Å². The van der Waals surface area contributed by atoms with Crippen LogP contribution >= 0.6 is 0 Å². The highest BCUT2D eigenvalue weighted by atomic mass is 16.7. The van der Waals surface area contributed by atoms with Gasteiger partial charge in [0.2, 0.25) is 5.28 Å². The first-order valence-electron chi connectivity index (χ1n) is 4.58. The molecule has 0 atom stereocenters. The molecule has 1 aromatic rings. The molecular weight excluding hydrogens is 212 g/mol. The van der Waals surface area contributed by atoms with Crippen molar-refractivity contribution in [2.45, 2.75) is 0 Å². The predicted molar refractivity (Wildman–Crippen MR) is 51.1 cm³/mol. The smallest absolute Gasteiger partial charge is 0.407 e. The zero-order valence-corrected chi connectivity index (χ0v) is 8.54. The Balaban J connectivity index is 2.41. The summed E-state index contributed by atoms with van der Waals surface area (Å²) in [6.45, 7) is -0.00594. The number of hydrogen-bond acceptors (Lipinski definition) is 5. The van der Waals surface area contributed by atoms with Crippen molar-refractivity contribution in [3.05, 3.63) is 29.8 Å². The van der Waals surface area contributed by atoms with Gasteiger partial charge in [0.1, 0.15) is 5.56 Å². The third-order valence-corrected chi connectivity index (χ3v) is 2.11. The van der Waals surface area contributed by atoms with E-state index >= 15 is 0 Å². The molecule has 0 spiro atoms. The van der Waals surface area contributed by atoms with Gasteiger partial charge in [0.15, 0.2) is 0 Å². The lowest BCUT2D eigenvalue weighted by atomic mass is 10.2. The van der Waals surface area contributed by atoms with Crippen molar-refractivity contribution in [1.82, 2.24) is 0 Å². The first kappa shape index (κ1) is 10.3. The van der Waals surface area contributed by atoms with E-state index in [1.54, 1.807) is 24.3 Å². The predicted octanol–water partition coefficient (Wildman–Crippen LogP) is 1.04. The highest BCUT2D eigenvalue weighted by Gasteiger charge is 2.31. The summed E-state index contributed by atoms with van der Waals surface area (Å²) < 4.78 is 5.94. The lowest BCUT2D eigenvalue weighted by Gasteiger charge is -1.99. The fourth-order valence-electron chi connectivity index (χ4n) is 1.39. The first-order valence-corrected chi connectivity index (χ1v) is 4.58. The fourth-order valence-corrected chi connectivity index (χ4v) is 1.39. The number of benzene rings is 1. The third kappa shape index (κ3) is 1.77. The van der Waals surface area contributed by atoms with Crippen LogP contribution in [0.2, 0.25) is 0 Å². The Hall–Kier alpha value is -2.24. The highest BCUT2D eigenvalue weighted by Crippen LogP contribution is 2.21. The number of esters is 1. The van der Waals surface area contributed by atoms with Crippen LogP contribution in [0.1, 0.15) is 10.4 Å². The van der Waals surface area contributed by atoms with E-state index in [0.717, 1.165) is 0 Å². The lowest BCUT2D eigenvalue weighted by molar-refractivity contribution is -0.505. The molecule has 82 valence electrons. The molecule has 6 nitrogen and oxygen atoms in total. The molecule has 16 heavy (non-hydrogen) atoms. The molecule has 0 aromatic heterocycles. The second-order valence-corrected chi connectivity index (χ2v) is 3.11. The number of rotatable bonds is 2. The highest BCUT2D eigenvalue weighted by molar-refractivity contribution is 5.93. The standard InChI is InChI=1S/C10H9N2O4/c1-15-10(14)7-4-2-3-5-8(7)12-6-9(13)16-11-12/h2-5H,6H2,1H3/q+1. The van der Waals surface area contributed by atoms with E-state index in [9.17, 15) is 9.59 Å². The Bertz CT molecular complexity index is 481. The summed E-state index contributed by atoms with van der Waals surface area (Å²) >= 11 is 0. The van der Waals surface area contributed by atoms with Gasteiger partial charge in [-0.2, -0.15) is 0 Å². The third-order valence-electron chi connectivity index (χ3n) is 2.11. The van der Waals surface area contributed by atoms with Gasteiger partial charge in [0, 0.05) is 6.07 Å². The first-order chi connectivity index (χ1) is 7.72. The van der Waals surface area contributed by atoms with Crippen LogP contribution in [0.4, 0.5) is 5.69 Å². The molecule has 1 aliphatic rings. The number of methoxy groups -OCH3 is 1. The summed E-state index contributed by atoms with van der Waals surface area (Å²) in [4.78, 5) is 26.8. The minimum atomic E-state index is -0.481. The molecule has 0 bridgehead atoms. The van der Waals surface area contributed by atoms with E-state index in [2.05, 4.69) is 14.9 Å². The molecule has 0 fully saturated rings. The summed E-state index contributed by atoms with van der Waals surface area (Å²) in [5.41, 5.74) is 0.826. The molecule has 0 unspecified atom stereocenters. The number of para-hydroxylation sites is 1. The zero-order chi connectivity index (χ0) is 11.5. The summed E-state index contributed by atoms with van der Waals surface area (Å²) in [6.07, 6.45) is 0. The summed E-state index contributed by atoms with van der Waals surface area (Å²) in [6, 6.07) is 6.70. The molecule has 1 heterocycles. The minimum absolute atomic E-state index is 0.00594. The Morgan fingerprint density at radius 3 is 2.88 bits per heavy atom. The van der Waals surface area contributed by atoms with Gasteiger partial charge in [0.25, 0.3) is 12.2 Å². The van der Waals surface area contributed by atoms with Gasteiger partial charge >= 0.3 is 11.9 Å². The van der Waals surface area contributed by atoms with Gasteiger partial charge in [-0.1, -0.05) is 12.1 Å². The van der Waals surface area contributed by atoms with Crippen molar-refractivity contribution >= 4 is 17.6 Å². The Kier molecular flexibility index (Phi) is 2.63. The molecule has 0 saturated carbocycles. The van der Waals surface area contributed by atoms with Crippen molar-refractivity contribution in [1.29, 1.82) is 0 Å². The van der Waals surface area contributed by atoms with Crippen molar-refractivity contribution < 1.29 is 23.9 Å². The number of ether oxygens (including phenoxy) is 1. The van der Waals surface area contributed by atoms with Gasteiger partial charge in [-0.3, -0.25) is 4.84 Å². The van der Waals surface area contributed by atoms with Crippen molar-refractivity contribution in [2.24, 2.45) is 5.28 Å². The maximum absolute atomic E-state index is 11.5. The van der Waals surface area contributed by atoms with Crippen LogP contribution in [0.5, 0.6) is 0 Å². The maximum atomic E-state index is 11.5. The molecule has 0 radical (unpaired) electrons. The summed E-state index contributed by atoms with van der Waals surface area (Å²) in [5.74, 6) is -0.940. The van der Waals surface area contributed by atoms with Crippen LogP contribution in [-0.4, -0.2) is 30.3 Å². The van der Waals surface area contributed by atoms with Crippen molar-refractivity contribution in [2.75, 3.05) is 13.7 Å². The van der Waals surface area contributed by atoms with Crippen LogP contribution in [-0.2, 0) is 14.4 Å². The molecule has 0 N–H and O–H groups in total. The van der Waals surface area contributed by atoms with Gasteiger partial charge in [-0.25, -0.2) is 9.59 Å². The Labute approximate surface area is 91.0 Å². The molecule has 1 aromatic carbocycles. The summed E-state index contributed by atoms with van der Waals surface area (Å²) in [7, 11) is 1.29. The molecule has 2 rings (SSSR count). The van der Waals surface area contributed by atoms with E-state index < -0.39 is 11.9 Å². The van der Waals surface area contributed by atoms with Crippen LogP contribution in [0.3, 0.4) is 0 Å². The normalized spacial score (nSPS) is 14.3. The van der Waals surface area contributed by atoms with E-state index in [4.69, 9.17) is 0 Å². The fraction of sp³-hybridized carbons (Fsp3) is 0.200. The Morgan fingerprint density at radius 2 is 2.25 bits per heavy atom. The van der Waals surface area contributed by atoms with E-state index in [1.165, 1.54) is 11.8 Å². The van der Waals surface area contributed by atoms with E-state index in [0.29, 0.717) is 11.3 Å². The minimum Gasteiger partial charge on any atom is -0.465 e. The van der Waals surface area contributed by atoms with Gasteiger partial charge < -0.3 is 4.74 Å².